The second-order valence-electron chi connectivity index (χ2n) is 5.21. The van der Waals surface area contributed by atoms with E-state index in [1.54, 1.807) is 24.3 Å². The van der Waals surface area contributed by atoms with Crippen LogP contribution in [0.2, 0.25) is 0 Å². The van der Waals surface area contributed by atoms with E-state index in [2.05, 4.69) is 27.3 Å². The standard InChI is InChI=1S/C16H21N5O2S2/c1-2-3-4-5-10-23-14(22)11-24-16-21-20-15(25-16)19-18-13-8-6-12(17)7-9-13/h6-9H,2-5,10-11,17H2,1H3. The summed E-state index contributed by atoms with van der Waals surface area (Å²) < 4.78 is 5.84. The average Bonchev–Trinajstić information content (AvgIpc) is 3.07. The Morgan fingerprint density at radius 1 is 1.20 bits per heavy atom. The summed E-state index contributed by atoms with van der Waals surface area (Å²) in [5.74, 6) is -0.0147. The normalized spacial score (nSPS) is 11.1. The maximum absolute atomic E-state index is 11.7. The number of azo groups is 1. The first-order valence-electron chi connectivity index (χ1n) is 8.06. The Hall–Kier alpha value is -2.00. The Labute approximate surface area is 155 Å². The Balaban J connectivity index is 1.72. The highest BCUT2D eigenvalue weighted by atomic mass is 32.2. The van der Waals surface area contributed by atoms with E-state index < -0.39 is 0 Å². The van der Waals surface area contributed by atoms with Gasteiger partial charge < -0.3 is 10.5 Å². The van der Waals surface area contributed by atoms with E-state index in [1.165, 1.54) is 35.9 Å². The topological polar surface area (TPSA) is 103 Å². The molecule has 25 heavy (non-hydrogen) atoms. The molecule has 7 nitrogen and oxygen atoms in total. The van der Waals surface area contributed by atoms with Crippen molar-refractivity contribution in [3.63, 3.8) is 0 Å². The summed E-state index contributed by atoms with van der Waals surface area (Å²) in [5.41, 5.74) is 6.97. The number of ether oxygens (including phenoxy) is 1. The molecule has 0 amide bonds. The number of aromatic nitrogens is 2. The molecule has 1 aromatic carbocycles. The molecule has 0 aliphatic heterocycles. The van der Waals surface area contributed by atoms with Gasteiger partial charge in [-0.3, -0.25) is 4.79 Å². The summed E-state index contributed by atoms with van der Waals surface area (Å²) in [6.07, 6.45) is 4.35. The number of benzene rings is 1. The van der Waals surface area contributed by atoms with Crippen molar-refractivity contribution in [2.45, 2.75) is 36.9 Å². The van der Waals surface area contributed by atoms with Gasteiger partial charge in [-0.15, -0.1) is 20.4 Å². The van der Waals surface area contributed by atoms with Gasteiger partial charge in [0, 0.05) is 5.69 Å². The number of hydrogen-bond donors (Lipinski definition) is 1. The summed E-state index contributed by atoms with van der Waals surface area (Å²) in [5, 5.41) is 16.5. The molecule has 0 radical (unpaired) electrons. The minimum atomic E-state index is -0.234. The van der Waals surface area contributed by atoms with Crippen LogP contribution in [0.5, 0.6) is 0 Å². The molecule has 1 aromatic heterocycles. The number of carbonyl (C=O) groups excluding carboxylic acids is 1. The average molecular weight is 380 g/mol. The smallest absolute Gasteiger partial charge is 0.316 e. The van der Waals surface area contributed by atoms with Crippen LogP contribution in [0.1, 0.15) is 32.6 Å². The number of anilines is 1. The van der Waals surface area contributed by atoms with Crippen LogP contribution >= 0.6 is 23.1 Å². The summed E-state index contributed by atoms with van der Waals surface area (Å²) >= 11 is 2.57. The van der Waals surface area contributed by atoms with Crippen molar-refractivity contribution in [1.29, 1.82) is 0 Å². The quantitative estimate of drug-likeness (QED) is 0.210. The number of nitrogens with zero attached hydrogens (tertiary/aromatic N) is 4. The molecule has 9 heteroatoms. The highest BCUT2D eigenvalue weighted by Crippen LogP contribution is 2.28. The molecule has 0 fully saturated rings. The van der Waals surface area contributed by atoms with Crippen LogP contribution in [0.15, 0.2) is 38.8 Å². The van der Waals surface area contributed by atoms with Crippen LogP contribution in [-0.2, 0) is 9.53 Å². The number of nitrogens with two attached hydrogens (primary N) is 1. The molecule has 2 N–H and O–H groups in total. The maximum atomic E-state index is 11.7. The zero-order chi connectivity index (χ0) is 17.9. The lowest BCUT2D eigenvalue weighted by Gasteiger charge is -2.02. The fourth-order valence-corrected chi connectivity index (χ4v) is 3.28. The molecule has 0 spiro atoms. The molecule has 0 bridgehead atoms. The van der Waals surface area contributed by atoms with Crippen LogP contribution in [0, 0.1) is 0 Å². The molecule has 134 valence electrons. The summed E-state index contributed by atoms with van der Waals surface area (Å²) in [7, 11) is 0. The predicted molar refractivity (Wildman–Crippen MR) is 101 cm³/mol. The van der Waals surface area contributed by atoms with E-state index in [1.807, 2.05) is 0 Å². The molecular formula is C16H21N5O2S2. The fourth-order valence-electron chi connectivity index (χ4n) is 1.82. The Morgan fingerprint density at radius 2 is 2.00 bits per heavy atom. The molecular weight excluding hydrogens is 358 g/mol. The number of hydrogen-bond acceptors (Lipinski definition) is 9. The maximum Gasteiger partial charge on any atom is 0.316 e. The van der Waals surface area contributed by atoms with Gasteiger partial charge in [0.2, 0.25) is 0 Å². The van der Waals surface area contributed by atoms with E-state index >= 15 is 0 Å². The minimum Gasteiger partial charge on any atom is -0.465 e. The molecule has 1 heterocycles. The number of carbonyl (C=O) groups is 1. The van der Waals surface area contributed by atoms with Gasteiger partial charge >= 0.3 is 5.97 Å². The zero-order valence-corrected chi connectivity index (χ0v) is 15.7. The van der Waals surface area contributed by atoms with Crippen molar-refractivity contribution < 1.29 is 9.53 Å². The third kappa shape index (κ3) is 7.61. The largest absolute Gasteiger partial charge is 0.465 e. The lowest BCUT2D eigenvalue weighted by atomic mass is 10.2. The third-order valence-electron chi connectivity index (χ3n) is 3.11. The van der Waals surface area contributed by atoms with Crippen molar-refractivity contribution in [1.82, 2.24) is 10.2 Å². The van der Waals surface area contributed by atoms with E-state index in [-0.39, 0.29) is 11.7 Å². The first-order chi connectivity index (χ1) is 12.2. The van der Waals surface area contributed by atoms with Crippen molar-refractivity contribution in [3.8, 4) is 0 Å². The van der Waals surface area contributed by atoms with Crippen molar-refractivity contribution in [2.75, 3.05) is 18.1 Å². The molecule has 2 aromatic rings. The van der Waals surface area contributed by atoms with Crippen LogP contribution < -0.4 is 5.73 Å². The molecule has 0 aliphatic rings. The van der Waals surface area contributed by atoms with Gasteiger partial charge in [-0.25, -0.2) is 0 Å². The number of rotatable bonds is 10. The van der Waals surface area contributed by atoms with E-state index in [4.69, 9.17) is 10.5 Å². The first kappa shape index (κ1) is 19.3. The summed E-state index contributed by atoms with van der Waals surface area (Å²) in [6.45, 7) is 2.63. The van der Waals surface area contributed by atoms with Gasteiger partial charge in [0.25, 0.3) is 5.13 Å². The van der Waals surface area contributed by atoms with Crippen LogP contribution in [0.4, 0.5) is 16.5 Å². The fraction of sp³-hybridized carbons (Fsp3) is 0.438. The molecule has 0 aliphatic carbocycles. The van der Waals surface area contributed by atoms with Gasteiger partial charge in [0.15, 0.2) is 4.34 Å². The van der Waals surface area contributed by atoms with E-state index in [0.29, 0.717) is 27.5 Å². The molecule has 0 unspecified atom stereocenters. The van der Waals surface area contributed by atoms with E-state index in [9.17, 15) is 4.79 Å². The molecule has 0 saturated heterocycles. The SMILES string of the molecule is CCCCCCOC(=O)CSc1nnc(N=Nc2ccc(N)cc2)s1. The number of unbranched alkanes of at least 4 members (excludes halogenated alkanes) is 3. The zero-order valence-electron chi connectivity index (χ0n) is 14.1. The number of thioether (sulfide) groups is 1. The van der Waals surface area contributed by atoms with E-state index in [0.717, 1.165) is 12.8 Å². The lowest BCUT2D eigenvalue weighted by molar-refractivity contribution is -0.140. The van der Waals surface area contributed by atoms with Gasteiger partial charge in [0.05, 0.1) is 18.0 Å². The molecule has 0 saturated carbocycles. The lowest BCUT2D eigenvalue weighted by Crippen LogP contribution is -2.08. The number of nitrogen functional groups attached to an aromatic ring is 1. The Kier molecular flexibility index (Phi) is 8.33. The predicted octanol–water partition coefficient (Wildman–Crippen LogP) is 4.75. The monoisotopic (exact) mass is 379 g/mol. The van der Waals surface area contributed by atoms with Gasteiger partial charge in [-0.1, -0.05) is 49.3 Å². The van der Waals surface area contributed by atoms with Crippen LogP contribution in [0.25, 0.3) is 0 Å². The minimum absolute atomic E-state index is 0.220. The molecule has 0 atom stereocenters. The van der Waals surface area contributed by atoms with Gasteiger partial charge in [-0.05, 0) is 30.7 Å². The summed E-state index contributed by atoms with van der Waals surface area (Å²) in [6, 6.07) is 7.05. The van der Waals surface area contributed by atoms with Gasteiger partial charge in [-0.2, -0.15) is 0 Å². The highest BCUT2D eigenvalue weighted by molar-refractivity contribution is 8.01. The van der Waals surface area contributed by atoms with Crippen LogP contribution in [0.3, 0.4) is 0 Å². The van der Waals surface area contributed by atoms with Crippen molar-refractivity contribution in [2.24, 2.45) is 10.2 Å². The third-order valence-corrected chi connectivity index (χ3v) is 5.03. The second-order valence-corrected chi connectivity index (χ2v) is 7.39. The van der Waals surface area contributed by atoms with Crippen molar-refractivity contribution >= 4 is 45.6 Å². The van der Waals surface area contributed by atoms with Crippen LogP contribution in [-0.4, -0.2) is 28.5 Å². The van der Waals surface area contributed by atoms with Gasteiger partial charge in [0.1, 0.15) is 0 Å². The molecule has 2 rings (SSSR count). The number of esters is 1. The Bertz CT molecular complexity index is 688. The Morgan fingerprint density at radius 3 is 2.76 bits per heavy atom. The van der Waals surface area contributed by atoms with Crippen molar-refractivity contribution in [3.05, 3.63) is 24.3 Å². The highest BCUT2D eigenvalue weighted by Gasteiger charge is 2.09. The second kappa shape index (κ2) is 10.8. The first-order valence-corrected chi connectivity index (χ1v) is 9.87. The summed E-state index contributed by atoms with van der Waals surface area (Å²) in [4.78, 5) is 11.7.